The number of halogens is 3. The molecule has 1 heterocycles. The minimum absolute atomic E-state index is 0.117. The van der Waals surface area contributed by atoms with Crippen LogP contribution in [0.3, 0.4) is 0 Å². The average Bonchev–Trinajstić information content (AvgIpc) is 3.05. The van der Waals surface area contributed by atoms with Gasteiger partial charge in [0.15, 0.2) is 6.61 Å². The lowest BCUT2D eigenvalue weighted by Gasteiger charge is -2.28. The van der Waals surface area contributed by atoms with Gasteiger partial charge in [0.25, 0.3) is 5.91 Å². The Morgan fingerprint density at radius 3 is 2.29 bits per heavy atom. The molecule has 4 atom stereocenters. The molecular formula is C25H23BrCl2N2O5. The highest BCUT2D eigenvalue weighted by atomic mass is 79.9. The smallest absolute Gasteiger partial charge is 0.338 e. The molecule has 1 aliphatic heterocycles. The summed E-state index contributed by atoms with van der Waals surface area (Å²) >= 11 is 15.9. The Bertz CT molecular complexity index is 1190. The Balaban J connectivity index is 1.42. The summed E-state index contributed by atoms with van der Waals surface area (Å²) in [6.07, 6.45) is 0.658. The summed E-state index contributed by atoms with van der Waals surface area (Å²) in [5.74, 6) is -2.98. The predicted molar refractivity (Wildman–Crippen MR) is 137 cm³/mol. The number of anilines is 2. The molecule has 2 aliphatic rings. The number of alkyl halides is 2. The van der Waals surface area contributed by atoms with Crippen LogP contribution in [-0.2, 0) is 19.1 Å². The van der Waals surface area contributed by atoms with E-state index in [1.807, 2.05) is 26.0 Å². The summed E-state index contributed by atoms with van der Waals surface area (Å²) in [5.41, 5.74) is 2.82. The van der Waals surface area contributed by atoms with Gasteiger partial charge in [0, 0.05) is 10.2 Å². The minimum Gasteiger partial charge on any atom is -0.452 e. The third-order valence-electron chi connectivity index (χ3n) is 6.37. The Kier molecular flexibility index (Phi) is 7.54. The molecule has 2 aromatic carbocycles. The van der Waals surface area contributed by atoms with Crippen molar-refractivity contribution in [3.05, 3.63) is 57.6 Å². The van der Waals surface area contributed by atoms with E-state index in [0.29, 0.717) is 18.5 Å². The van der Waals surface area contributed by atoms with E-state index >= 15 is 0 Å². The minimum atomic E-state index is -0.746. The molecule has 0 spiro atoms. The Morgan fingerprint density at radius 2 is 1.66 bits per heavy atom. The summed E-state index contributed by atoms with van der Waals surface area (Å²) in [6, 6.07) is 9.74. The summed E-state index contributed by atoms with van der Waals surface area (Å²) in [4.78, 5) is 52.0. The largest absolute Gasteiger partial charge is 0.452 e. The molecule has 2 fully saturated rings. The lowest BCUT2D eigenvalue weighted by Crippen LogP contribution is -2.34. The molecule has 1 saturated carbocycles. The molecule has 1 aliphatic carbocycles. The van der Waals surface area contributed by atoms with Crippen molar-refractivity contribution in [3.63, 3.8) is 0 Å². The van der Waals surface area contributed by atoms with E-state index in [1.54, 1.807) is 12.1 Å². The van der Waals surface area contributed by atoms with Gasteiger partial charge in [0.1, 0.15) is 0 Å². The van der Waals surface area contributed by atoms with Crippen molar-refractivity contribution >= 4 is 74.2 Å². The normalized spacial score (nSPS) is 23.7. The molecule has 10 heteroatoms. The van der Waals surface area contributed by atoms with Crippen molar-refractivity contribution in [2.24, 2.45) is 11.8 Å². The van der Waals surface area contributed by atoms with Crippen LogP contribution in [0.4, 0.5) is 11.4 Å². The lowest BCUT2D eigenvalue weighted by atomic mass is 9.80. The number of amides is 3. The average molecular weight is 582 g/mol. The molecule has 184 valence electrons. The van der Waals surface area contributed by atoms with Crippen molar-refractivity contribution in [3.8, 4) is 0 Å². The standard InChI is InChI=1S/C25H23BrCl2N2O5/c1-12-7-21(13(2)6-18(12)26)29-22(31)11-35-25(34)14-4-3-5-15(8-14)30-23(32)16-9-19(27)20(28)10-17(16)24(30)33/h3-8,16-17,19-20H,9-11H2,1-2H3,(H,29,31)/t16-,17+,19-,20-/m0/s1. The topological polar surface area (TPSA) is 92.8 Å². The van der Waals surface area contributed by atoms with Crippen LogP contribution < -0.4 is 10.2 Å². The molecule has 35 heavy (non-hydrogen) atoms. The summed E-state index contributed by atoms with van der Waals surface area (Å²) < 4.78 is 6.10. The number of esters is 1. The van der Waals surface area contributed by atoms with E-state index in [4.69, 9.17) is 27.9 Å². The number of hydrogen-bond donors (Lipinski definition) is 1. The molecule has 4 rings (SSSR count). The van der Waals surface area contributed by atoms with E-state index in [1.165, 1.54) is 12.1 Å². The highest BCUT2D eigenvalue weighted by molar-refractivity contribution is 9.10. The second-order valence-corrected chi connectivity index (χ2v) is 10.8. The van der Waals surface area contributed by atoms with E-state index < -0.39 is 30.3 Å². The molecule has 1 N–H and O–H groups in total. The molecule has 2 aromatic rings. The SMILES string of the molecule is Cc1cc(NC(=O)COC(=O)c2cccc(N3C(=O)[C@H]4C[C@H](Cl)[C@@H](Cl)C[C@H]4C3=O)c2)c(C)cc1Br. The van der Waals surface area contributed by atoms with Gasteiger partial charge >= 0.3 is 5.97 Å². The Hall–Kier alpha value is -2.42. The number of rotatable bonds is 5. The maximum absolute atomic E-state index is 13.0. The summed E-state index contributed by atoms with van der Waals surface area (Å²) in [5, 5.41) is 1.97. The number of imide groups is 1. The molecular weight excluding hydrogens is 559 g/mol. The van der Waals surface area contributed by atoms with Gasteiger partial charge < -0.3 is 10.1 Å². The van der Waals surface area contributed by atoms with Crippen LogP contribution >= 0.6 is 39.1 Å². The first-order chi connectivity index (χ1) is 16.6. The second-order valence-electron chi connectivity index (χ2n) is 8.82. The van der Waals surface area contributed by atoms with Gasteiger partial charge in [-0.3, -0.25) is 19.3 Å². The fourth-order valence-corrected chi connectivity index (χ4v) is 5.49. The van der Waals surface area contributed by atoms with Crippen molar-refractivity contribution in [2.45, 2.75) is 37.4 Å². The van der Waals surface area contributed by atoms with Gasteiger partial charge in [-0.05, 0) is 68.1 Å². The van der Waals surface area contributed by atoms with Crippen LogP contribution in [0.25, 0.3) is 0 Å². The molecule has 0 unspecified atom stereocenters. The quantitative estimate of drug-likeness (QED) is 0.305. The van der Waals surface area contributed by atoms with Gasteiger partial charge in [-0.1, -0.05) is 22.0 Å². The molecule has 0 radical (unpaired) electrons. The zero-order chi connectivity index (χ0) is 25.4. The maximum Gasteiger partial charge on any atom is 0.338 e. The van der Waals surface area contributed by atoms with Crippen molar-refractivity contribution in [2.75, 3.05) is 16.8 Å². The predicted octanol–water partition coefficient (Wildman–Crippen LogP) is 4.98. The maximum atomic E-state index is 13.0. The van der Waals surface area contributed by atoms with Gasteiger partial charge in [-0.15, -0.1) is 23.2 Å². The van der Waals surface area contributed by atoms with Crippen LogP contribution in [0.15, 0.2) is 40.9 Å². The number of nitrogens with one attached hydrogen (secondary N) is 1. The highest BCUT2D eigenvalue weighted by Crippen LogP contribution is 2.43. The summed E-state index contributed by atoms with van der Waals surface area (Å²) in [6.45, 7) is 3.27. The third kappa shape index (κ3) is 5.25. The van der Waals surface area contributed by atoms with E-state index in [0.717, 1.165) is 20.5 Å². The van der Waals surface area contributed by atoms with Gasteiger partial charge in [0.05, 0.1) is 33.8 Å². The fourth-order valence-electron chi connectivity index (χ4n) is 4.44. The second kappa shape index (κ2) is 10.3. The molecule has 3 amide bonds. The van der Waals surface area contributed by atoms with Crippen LogP contribution in [-0.4, -0.2) is 41.1 Å². The number of hydrogen-bond acceptors (Lipinski definition) is 5. The number of nitrogens with zero attached hydrogens (tertiary/aromatic N) is 1. The first kappa shape index (κ1) is 25.7. The first-order valence-electron chi connectivity index (χ1n) is 11.1. The van der Waals surface area contributed by atoms with Crippen LogP contribution in [0, 0.1) is 25.7 Å². The zero-order valence-electron chi connectivity index (χ0n) is 19.0. The van der Waals surface area contributed by atoms with Crippen molar-refractivity contribution < 1.29 is 23.9 Å². The van der Waals surface area contributed by atoms with Gasteiger partial charge in [0.2, 0.25) is 11.8 Å². The van der Waals surface area contributed by atoms with Crippen LogP contribution in [0.1, 0.15) is 34.3 Å². The number of ether oxygens (including phenoxy) is 1. The van der Waals surface area contributed by atoms with Crippen molar-refractivity contribution in [1.82, 2.24) is 0 Å². The Labute approximate surface area is 221 Å². The number of aryl methyl sites for hydroxylation is 2. The van der Waals surface area contributed by atoms with Gasteiger partial charge in [-0.25, -0.2) is 4.79 Å². The van der Waals surface area contributed by atoms with Gasteiger partial charge in [-0.2, -0.15) is 0 Å². The number of fused-ring (bicyclic) bond motifs is 1. The Morgan fingerprint density at radius 1 is 1.03 bits per heavy atom. The lowest BCUT2D eigenvalue weighted by molar-refractivity contribution is -0.122. The van der Waals surface area contributed by atoms with Crippen molar-refractivity contribution in [1.29, 1.82) is 0 Å². The first-order valence-corrected chi connectivity index (χ1v) is 12.7. The third-order valence-corrected chi connectivity index (χ3v) is 8.31. The number of carbonyl (C=O) groups is 4. The highest BCUT2D eigenvalue weighted by Gasteiger charge is 2.52. The van der Waals surface area contributed by atoms with E-state index in [9.17, 15) is 19.2 Å². The van der Waals surface area contributed by atoms with Crippen LogP contribution in [0.5, 0.6) is 0 Å². The zero-order valence-corrected chi connectivity index (χ0v) is 22.1. The van der Waals surface area contributed by atoms with E-state index in [-0.39, 0.29) is 33.8 Å². The summed E-state index contributed by atoms with van der Waals surface area (Å²) in [7, 11) is 0. The number of benzene rings is 2. The fraction of sp³-hybridized carbons (Fsp3) is 0.360. The molecule has 7 nitrogen and oxygen atoms in total. The number of carbonyl (C=O) groups excluding carboxylic acids is 4. The molecule has 0 aromatic heterocycles. The monoisotopic (exact) mass is 580 g/mol. The van der Waals surface area contributed by atoms with Crippen LogP contribution in [0.2, 0.25) is 0 Å². The molecule has 0 bridgehead atoms. The molecule has 1 saturated heterocycles. The van der Waals surface area contributed by atoms with E-state index in [2.05, 4.69) is 21.2 Å².